The Bertz CT molecular complexity index is 480. The fourth-order valence-corrected chi connectivity index (χ4v) is 2.00. The molecule has 0 aliphatic rings. The van der Waals surface area contributed by atoms with Crippen LogP contribution in [0.5, 0.6) is 0 Å². The van der Waals surface area contributed by atoms with Crippen LogP contribution in [0.1, 0.15) is 40.5 Å². The lowest BCUT2D eigenvalue weighted by molar-refractivity contribution is -0.144. The van der Waals surface area contributed by atoms with Crippen LogP contribution in [0.15, 0.2) is 0 Å². The van der Waals surface area contributed by atoms with Crippen molar-refractivity contribution >= 4 is 23.8 Å². The molecule has 2 amide bonds. The number of hydrogen-bond donors (Lipinski definition) is 5. The first-order valence-electron chi connectivity index (χ1n) is 7.82. The molecule has 0 aliphatic heterocycles. The maximum absolute atomic E-state index is 12.4. The SMILES string of the molecule is CC[C@H](C)[C@H](NC(=O)[C@@H](NC(=O)[C@@H](N)CC(=O)O)C(C)C)C(=O)O. The van der Waals surface area contributed by atoms with E-state index >= 15 is 0 Å². The molecule has 138 valence electrons. The van der Waals surface area contributed by atoms with E-state index in [1.54, 1.807) is 27.7 Å². The summed E-state index contributed by atoms with van der Waals surface area (Å²) in [6, 6.07) is -3.38. The topological polar surface area (TPSA) is 159 Å². The number of hydrogen-bond acceptors (Lipinski definition) is 5. The third kappa shape index (κ3) is 6.95. The van der Waals surface area contributed by atoms with Crippen LogP contribution in [-0.2, 0) is 19.2 Å². The number of nitrogens with two attached hydrogens (primary N) is 1. The van der Waals surface area contributed by atoms with Crippen LogP contribution < -0.4 is 16.4 Å². The largest absolute Gasteiger partial charge is 0.481 e. The fraction of sp³-hybridized carbons (Fsp3) is 0.733. The van der Waals surface area contributed by atoms with Crippen LogP contribution in [-0.4, -0.2) is 52.1 Å². The van der Waals surface area contributed by atoms with Gasteiger partial charge in [0.05, 0.1) is 12.5 Å². The van der Waals surface area contributed by atoms with Crippen molar-refractivity contribution in [2.75, 3.05) is 0 Å². The van der Waals surface area contributed by atoms with Crippen molar-refractivity contribution < 1.29 is 29.4 Å². The van der Waals surface area contributed by atoms with E-state index in [0.29, 0.717) is 6.42 Å². The van der Waals surface area contributed by atoms with Gasteiger partial charge >= 0.3 is 11.9 Å². The molecule has 9 heteroatoms. The number of nitrogens with one attached hydrogen (secondary N) is 2. The number of carboxylic acid groups (broad SMARTS) is 2. The highest BCUT2D eigenvalue weighted by Crippen LogP contribution is 2.10. The summed E-state index contributed by atoms with van der Waals surface area (Å²) >= 11 is 0. The molecule has 0 saturated carbocycles. The van der Waals surface area contributed by atoms with Gasteiger partial charge in [-0.15, -0.1) is 0 Å². The summed E-state index contributed by atoms with van der Waals surface area (Å²) in [6.45, 7) is 6.85. The molecule has 0 spiro atoms. The van der Waals surface area contributed by atoms with Gasteiger partial charge in [0.1, 0.15) is 12.1 Å². The normalized spacial score (nSPS) is 15.9. The van der Waals surface area contributed by atoms with Crippen LogP contribution in [0, 0.1) is 11.8 Å². The third-order valence-electron chi connectivity index (χ3n) is 3.75. The monoisotopic (exact) mass is 345 g/mol. The number of aliphatic carboxylic acids is 2. The van der Waals surface area contributed by atoms with Gasteiger partial charge in [-0.3, -0.25) is 14.4 Å². The van der Waals surface area contributed by atoms with Crippen LogP contribution in [0.25, 0.3) is 0 Å². The van der Waals surface area contributed by atoms with Crippen molar-refractivity contribution in [3.8, 4) is 0 Å². The highest BCUT2D eigenvalue weighted by Gasteiger charge is 2.32. The zero-order valence-electron chi connectivity index (χ0n) is 14.4. The van der Waals surface area contributed by atoms with Gasteiger partial charge in [0.15, 0.2) is 0 Å². The highest BCUT2D eigenvalue weighted by atomic mass is 16.4. The van der Waals surface area contributed by atoms with E-state index in [4.69, 9.17) is 10.8 Å². The van der Waals surface area contributed by atoms with Gasteiger partial charge in [-0.05, 0) is 11.8 Å². The smallest absolute Gasteiger partial charge is 0.326 e. The molecule has 4 atom stereocenters. The van der Waals surface area contributed by atoms with E-state index in [1.807, 2.05) is 0 Å². The first kappa shape index (κ1) is 21.8. The van der Waals surface area contributed by atoms with Crippen LogP contribution in [0.4, 0.5) is 0 Å². The average molecular weight is 345 g/mol. The molecule has 0 unspecified atom stereocenters. The summed E-state index contributed by atoms with van der Waals surface area (Å²) in [5.74, 6) is -4.43. The lowest BCUT2D eigenvalue weighted by Gasteiger charge is -2.27. The van der Waals surface area contributed by atoms with E-state index in [-0.39, 0.29) is 11.8 Å². The summed E-state index contributed by atoms with van der Waals surface area (Å²) in [4.78, 5) is 46.1. The molecule has 0 rings (SSSR count). The van der Waals surface area contributed by atoms with E-state index < -0.39 is 48.3 Å². The minimum atomic E-state index is -1.29. The standard InChI is InChI=1S/C15H27N3O6/c1-5-8(4)12(15(23)24)18-14(22)11(7(2)3)17-13(21)9(16)6-10(19)20/h7-9,11-12H,5-6,16H2,1-4H3,(H,17,21)(H,18,22)(H,19,20)(H,23,24)/t8-,9-,11-,12-/m0/s1. The van der Waals surface area contributed by atoms with Crippen molar-refractivity contribution in [3.63, 3.8) is 0 Å². The Morgan fingerprint density at radius 3 is 1.83 bits per heavy atom. The van der Waals surface area contributed by atoms with Gasteiger partial charge in [0.2, 0.25) is 11.8 Å². The quantitative estimate of drug-likeness (QED) is 0.358. The number of amides is 2. The van der Waals surface area contributed by atoms with Crippen LogP contribution >= 0.6 is 0 Å². The maximum atomic E-state index is 12.4. The molecular formula is C15H27N3O6. The van der Waals surface area contributed by atoms with E-state index in [1.165, 1.54) is 0 Å². The molecule has 0 heterocycles. The molecule has 0 aliphatic carbocycles. The Morgan fingerprint density at radius 1 is 0.958 bits per heavy atom. The highest BCUT2D eigenvalue weighted by molar-refractivity contribution is 5.93. The summed E-state index contributed by atoms with van der Waals surface area (Å²) in [5, 5.41) is 22.7. The maximum Gasteiger partial charge on any atom is 0.326 e. The number of carboxylic acids is 2. The Labute approximate surface area is 141 Å². The minimum absolute atomic E-state index is 0.288. The van der Waals surface area contributed by atoms with E-state index in [2.05, 4.69) is 10.6 Å². The second kappa shape index (κ2) is 9.86. The molecular weight excluding hydrogens is 318 g/mol. The van der Waals surface area contributed by atoms with Gasteiger partial charge in [-0.1, -0.05) is 34.1 Å². The summed E-state index contributed by atoms with van der Waals surface area (Å²) in [5.41, 5.74) is 5.47. The minimum Gasteiger partial charge on any atom is -0.481 e. The Balaban J connectivity index is 5.04. The molecule has 6 N–H and O–H groups in total. The van der Waals surface area contributed by atoms with E-state index in [9.17, 15) is 24.3 Å². The van der Waals surface area contributed by atoms with Crippen molar-refractivity contribution in [2.45, 2.75) is 58.7 Å². The van der Waals surface area contributed by atoms with Crippen LogP contribution in [0.2, 0.25) is 0 Å². The molecule has 0 fully saturated rings. The summed E-state index contributed by atoms with van der Waals surface area (Å²) < 4.78 is 0. The number of rotatable bonds is 10. The van der Waals surface area contributed by atoms with Gasteiger partial charge < -0.3 is 26.6 Å². The first-order chi connectivity index (χ1) is 11.0. The zero-order valence-corrected chi connectivity index (χ0v) is 14.4. The second-order valence-corrected chi connectivity index (χ2v) is 6.14. The van der Waals surface area contributed by atoms with Crippen LogP contribution in [0.3, 0.4) is 0 Å². The zero-order chi connectivity index (χ0) is 19.0. The van der Waals surface area contributed by atoms with Crippen molar-refractivity contribution in [2.24, 2.45) is 17.6 Å². The molecule has 0 aromatic carbocycles. The second-order valence-electron chi connectivity index (χ2n) is 6.14. The Hall–Kier alpha value is -2.16. The lowest BCUT2D eigenvalue weighted by atomic mass is 9.97. The van der Waals surface area contributed by atoms with Gasteiger partial charge in [0, 0.05) is 0 Å². The molecule has 0 saturated heterocycles. The molecule has 0 aromatic heterocycles. The molecule has 0 bridgehead atoms. The average Bonchev–Trinajstić information content (AvgIpc) is 2.47. The Morgan fingerprint density at radius 2 is 1.46 bits per heavy atom. The molecule has 24 heavy (non-hydrogen) atoms. The third-order valence-corrected chi connectivity index (χ3v) is 3.75. The lowest BCUT2D eigenvalue weighted by Crippen LogP contribution is -2.57. The molecule has 0 aromatic rings. The summed E-state index contributed by atoms with van der Waals surface area (Å²) in [6.07, 6.45) is -0.0116. The first-order valence-corrected chi connectivity index (χ1v) is 7.82. The molecule has 0 radical (unpaired) electrons. The van der Waals surface area contributed by atoms with Crippen molar-refractivity contribution in [1.82, 2.24) is 10.6 Å². The van der Waals surface area contributed by atoms with Crippen molar-refractivity contribution in [3.05, 3.63) is 0 Å². The number of carbonyl (C=O) groups excluding carboxylic acids is 2. The Kier molecular flexibility index (Phi) is 8.97. The van der Waals surface area contributed by atoms with Crippen molar-refractivity contribution in [1.29, 1.82) is 0 Å². The van der Waals surface area contributed by atoms with E-state index in [0.717, 1.165) is 0 Å². The van der Waals surface area contributed by atoms with Gasteiger partial charge in [-0.25, -0.2) is 4.79 Å². The fourth-order valence-electron chi connectivity index (χ4n) is 2.00. The predicted molar refractivity (Wildman–Crippen MR) is 86.0 cm³/mol. The van der Waals surface area contributed by atoms with Gasteiger partial charge in [0.25, 0.3) is 0 Å². The number of carbonyl (C=O) groups is 4. The predicted octanol–water partition coefficient (Wildman–Crippen LogP) is -0.455. The van der Waals surface area contributed by atoms with Gasteiger partial charge in [-0.2, -0.15) is 0 Å². The summed E-state index contributed by atoms with van der Waals surface area (Å²) in [7, 11) is 0. The molecule has 9 nitrogen and oxygen atoms in total.